The van der Waals surface area contributed by atoms with Gasteiger partial charge in [0.1, 0.15) is 11.6 Å². The predicted octanol–water partition coefficient (Wildman–Crippen LogP) is 3.43. The van der Waals surface area contributed by atoms with Crippen molar-refractivity contribution in [3.8, 4) is 5.75 Å². The summed E-state index contributed by atoms with van der Waals surface area (Å²) in [5.41, 5.74) is 7.60. The highest BCUT2D eigenvalue weighted by atomic mass is 79.9. The molecule has 1 atom stereocenters. The Morgan fingerprint density at radius 2 is 2.05 bits per heavy atom. The number of hydrogen-bond acceptors (Lipinski definition) is 3. The SMILES string of the molecule is CCOc1cncc(C(N)c2cc(F)cc(Br)c2)c1. The number of rotatable bonds is 4. The van der Waals surface area contributed by atoms with Crippen LogP contribution in [0.15, 0.2) is 41.1 Å². The summed E-state index contributed by atoms with van der Waals surface area (Å²) in [4.78, 5) is 4.08. The fraction of sp³-hybridized carbons (Fsp3) is 0.214. The van der Waals surface area contributed by atoms with Crippen LogP contribution in [0.1, 0.15) is 24.1 Å². The molecule has 0 fully saturated rings. The van der Waals surface area contributed by atoms with Crippen LogP contribution in [0.3, 0.4) is 0 Å². The number of ether oxygens (including phenoxy) is 1. The van der Waals surface area contributed by atoms with Crippen molar-refractivity contribution < 1.29 is 9.13 Å². The Balaban J connectivity index is 2.32. The number of benzene rings is 1. The molecule has 19 heavy (non-hydrogen) atoms. The molecule has 0 bridgehead atoms. The molecule has 1 aromatic carbocycles. The molecule has 2 rings (SSSR count). The number of aromatic nitrogens is 1. The van der Waals surface area contributed by atoms with Gasteiger partial charge < -0.3 is 10.5 Å². The van der Waals surface area contributed by atoms with Crippen molar-refractivity contribution in [3.63, 3.8) is 0 Å². The molecule has 5 heteroatoms. The second-order valence-electron chi connectivity index (χ2n) is 4.07. The molecular weight excluding hydrogens is 311 g/mol. The highest BCUT2D eigenvalue weighted by molar-refractivity contribution is 9.10. The monoisotopic (exact) mass is 324 g/mol. The molecule has 0 aliphatic carbocycles. The predicted molar refractivity (Wildman–Crippen MR) is 75.5 cm³/mol. The number of nitrogens with zero attached hydrogens (tertiary/aromatic N) is 1. The summed E-state index contributed by atoms with van der Waals surface area (Å²) in [6.45, 7) is 2.46. The third-order valence-corrected chi connectivity index (χ3v) is 3.11. The molecule has 100 valence electrons. The summed E-state index contributed by atoms with van der Waals surface area (Å²) in [7, 11) is 0. The summed E-state index contributed by atoms with van der Waals surface area (Å²) in [5, 5.41) is 0. The van der Waals surface area contributed by atoms with Gasteiger partial charge >= 0.3 is 0 Å². The van der Waals surface area contributed by atoms with Crippen molar-refractivity contribution in [2.75, 3.05) is 6.61 Å². The molecule has 1 heterocycles. The summed E-state index contributed by atoms with van der Waals surface area (Å²) in [5.74, 6) is 0.333. The lowest BCUT2D eigenvalue weighted by Gasteiger charge is -2.14. The fourth-order valence-electron chi connectivity index (χ4n) is 1.80. The lowest BCUT2D eigenvalue weighted by molar-refractivity contribution is 0.338. The minimum absolute atomic E-state index is 0.325. The van der Waals surface area contributed by atoms with Crippen molar-refractivity contribution in [1.29, 1.82) is 0 Å². The van der Waals surface area contributed by atoms with Gasteiger partial charge in [0.15, 0.2) is 0 Å². The Bertz CT molecular complexity index is 557. The van der Waals surface area contributed by atoms with Crippen molar-refractivity contribution in [3.05, 3.63) is 58.1 Å². The molecule has 0 radical (unpaired) electrons. The molecule has 1 unspecified atom stereocenters. The van der Waals surface area contributed by atoms with Gasteiger partial charge in [0.2, 0.25) is 0 Å². The number of halogens is 2. The zero-order chi connectivity index (χ0) is 13.8. The molecule has 0 spiro atoms. The smallest absolute Gasteiger partial charge is 0.137 e. The molecule has 1 aromatic heterocycles. The van der Waals surface area contributed by atoms with Gasteiger partial charge in [-0.3, -0.25) is 4.98 Å². The normalized spacial score (nSPS) is 12.2. The highest BCUT2D eigenvalue weighted by Crippen LogP contribution is 2.25. The van der Waals surface area contributed by atoms with Crippen molar-refractivity contribution in [2.45, 2.75) is 13.0 Å². The lowest BCUT2D eigenvalue weighted by Crippen LogP contribution is -2.12. The van der Waals surface area contributed by atoms with Gasteiger partial charge in [0.05, 0.1) is 18.8 Å². The average Bonchev–Trinajstić information content (AvgIpc) is 2.37. The molecular formula is C14H14BrFN2O. The van der Waals surface area contributed by atoms with Crippen LogP contribution in [0.4, 0.5) is 4.39 Å². The second-order valence-corrected chi connectivity index (χ2v) is 4.98. The first kappa shape index (κ1) is 14.0. The van der Waals surface area contributed by atoms with Gasteiger partial charge in [0.25, 0.3) is 0 Å². The van der Waals surface area contributed by atoms with E-state index in [1.165, 1.54) is 12.1 Å². The Morgan fingerprint density at radius 3 is 2.74 bits per heavy atom. The number of hydrogen-bond donors (Lipinski definition) is 1. The van der Waals surface area contributed by atoms with Crippen molar-refractivity contribution in [1.82, 2.24) is 4.98 Å². The third-order valence-electron chi connectivity index (χ3n) is 2.65. The van der Waals surface area contributed by atoms with Crippen LogP contribution in [0.25, 0.3) is 0 Å². The van der Waals surface area contributed by atoms with Gasteiger partial charge in [-0.25, -0.2) is 4.39 Å². The fourth-order valence-corrected chi connectivity index (χ4v) is 2.28. The van der Waals surface area contributed by atoms with Crippen LogP contribution in [-0.2, 0) is 0 Å². The van der Waals surface area contributed by atoms with E-state index in [0.717, 1.165) is 5.56 Å². The Kier molecular flexibility index (Phi) is 4.50. The van der Waals surface area contributed by atoms with E-state index in [1.807, 2.05) is 13.0 Å². The van der Waals surface area contributed by atoms with Gasteiger partial charge in [-0.2, -0.15) is 0 Å². The van der Waals surface area contributed by atoms with E-state index >= 15 is 0 Å². The summed E-state index contributed by atoms with van der Waals surface area (Å²) >= 11 is 3.26. The maximum absolute atomic E-state index is 13.4. The van der Waals surface area contributed by atoms with Crippen LogP contribution in [0.2, 0.25) is 0 Å². The van der Waals surface area contributed by atoms with Crippen LogP contribution in [0.5, 0.6) is 5.75 Å². The van der Waals surface area contributed by atoms with Crippen LogP contribution in [0, 0.1) is 5.82 Å². The Hall–Kier alpha value is -1.46. The topological polar surface area (TPSA) is 48.1 Å². The second kappa shape index (κ2) is 6.12. The standard InChI is InChI=1S/C14H14BrFN2O/c1-2-19-13-5-10(7-18-8-13)14(17)9-3-11(15)6-12(16)4-9/h3-8,14H,2,17H2,1H3. The van der Waals surface area contributed by atoms with Crippen molar-refractivity contribution in [2.24, 2.45) is 5.73 Å². The molecule has 0 aliphatic heterocycles. The van der Waals surface area contributed by atoms with E-state index in [9.17, 15) is 4.39 Å². The summed E-state index contributed by atoms with van der Waals surface area (Å²) in [6.07, 6.45) is 3.28. The number of pyridine rings is 1. The lowest BCUT2D eigenvalue weighted by atomic mass is 10.0. The zero-order valence-corrected chi connectivity index (χ0v) is 12.0. The zero-order valence-electron chi connectivity index (χ0n) is 10.4. The van der Waals surface area contributed by atoms with Crippen LogP contribution in [-0.4, -0.2) is 11.6 Å². The summed E-state index contributed by atoms with van der Waals surface area (Å²) in [6, 6.07) is 5.98. The van der Waals surface area contributed by atoms with E-state index in [0.29, 0.717) is 22.4 Å². The largest absolute Gasteiger partial charge is 0.492 e. The molecule has 0 amide bonds. The molecule has 3 nitrogen and oxygen atoms in total. The van der Waals surface area contributed by atoms with Gasteiger partial charge in [-0.05, 0) is 42.3 Å². The van der Waals surface area contributed by atoms with E-state index < -0.39 is 6.04 Å². The quantitative estimate of drug-likeness (QED) is 0.937. The minimum Gasteiger partial charge on any atom is -0.492 e. The Labute approximate surface area is 119 Å². The Morgan fingerprint density at radius 1 is 1.26 bits per heavy atom. The third kappa shape index (κ3) is 3.52. The van der Waals surface area contributed by atoms with Crippen molar-refractivity contribution >= 4 is 15.9 Å². The van der Waals surface area contributed by atoms with E-state index in [-0.39, 0.29) is 5.82 Å². The molecule has 0 saturated carbocycles. The molecule has 2 aromatic rings. The van der Waals surface area contributed by atoms with E-state index in [4.69, 9.17) is 10.5 Å². The maximum atomic E-state index is 13.4. The first-order chi connectivity index (χ1) is 9.10. The first-order valence-electron chi connectivity index (χ1n) is 5.89. The maximum Gasteiger partial charge on any atom is 0.137 e. The van der Waals surface area contributed by atoms with E-state index in [1.54, 1.807) is 18.5 Å². The average molecular weight is 325 g/mol. The molecule has 2 N–H and O–H groups in total. The molecule has 0 saturated heterocycles. The summed E-state index contributed by atoms with van der Waals surface area (Å²) < 4.78 is 19.4. The van der Waals surface area contributed by atoms with E-state index in [2.05, 4.69) is 20.9 Å². The van der Waals surface area contributed by atoms with Gasteiger partial charge in [0, 0.05) is 10.7 Å². The highest BCUT2D eigenvalue weighted by Gasteiger charge is 2.12. The first-order valence-corrected chi connectivity index (χ1v) is 6.68. The van der Waals surface area contributed by atoms with Gasteiger partial charge in [-0.15, -0.1) is 0 Å². The van der Waals surface area contributed by atoms with Crippen LogP contribution >= 0.6 is 15.9 Å². The van der Waals surface area contributed by atoms with Gasteiger partial charge in [-0.1, -0.05) is 15.9 Å². The minimum atomic E-state index is -0.445. The molecule has 0 aliphatic rings. The van der Waals surface area contributed by atoms with Crippen LogP contribution < -0.4 is 10.5 Å². The number of nitrogens with two attached hydrogens (primary N) is 1.